The van der Waals surface area contributed by atoms with E-state index in [1.165, 1.54) is 0 Å². The minimum absolute atomic E-state index is 0.571. The highest BCUT2D eigenvalue weighted by atomic mass is 35.5. The molecule has 70 valence electrons. The van der Waals surface area contributed by atoms with Crippen molar-refractivity contribution >= 4 is 23.2 Å². The lowest BCUT2D eigenvalue weighted by Crippen LogP contribution is -2.31. The minimum Gasteiger partial charge on any atom is -0.279 e. The second kappa shape index (κ2) is 4.66. The van der Waals surface area contributed by atoms with Crippen molar-refractivity contribution in [1.82, 2.24) is 5.32 Å². The highest BCUT2D eigenvalue weighted by Gasteiger charge is 2.24. The molecule has 1 N–H and O–H groups in total. The molecular formula is C10H11Cl2N. The van der Waals surface area contributed by atoms with Crippen molar-refractivity contribution in [3.63, 3.8) is 0 Å². The van der Waals surface area contributed by atoms with Crippen molar-refractivity contribution in [2.45, 2.75) is 4.46 Å². The van der Waals surface area contributed by atoms with Crippen LogP contribution >= 0.6 is 23.2 Å². The van der Waals surface area contributed by atoms with Gasteiger partial charge in [-0.15, -0.1) is 6.58 Å². The zero-order valence-electron chi connectivity index (χ0n) is 7.13. The molecule has 3 heteroatoms. The minimum atomic E-state index is -1.03. The maximum atomic E-state index is 6.05. The topological polar surface area (TPSA) is 12.0 Å². The summed E-state index contributed by atoms with van der Waals surface area (Å²) in [5, 5.41) is 2.94. The third-order valence-corrected chi connectivity index (χ3v) is 2.31. The fraction of sp³-hybridized carbons (Fsp3) is 0.200. The zero-order chi connectivity index (χ0) is 9.73. The first-order valence-electron chi connectivity index (χ1n) is 3.96. The molecule has 13 heavy (non-hydrogen) atoms. The van der Waals surface area contributed by atoms with Crippen LogP contribution in [0.15, 0.2) is 43.0 Å². The summed E-state index contributed by atoms with van der Waals surface area (Å²) in [5.74, 6) is 0. The summed E-state index contributed by atoms with van der Waals surface area (Å²) < 4.78 is -1.03. The largest absolute Gasteiger partial charge is 0.279 e. The Bertz CT molecular complexity index is 270. The average Bonchev–Trinajstić information content (AvgIpc) is 2.16. The third-order valence-electron chi connectivity index (χ3n) is 1.60. The van der Waals surface area contributed by atoms with Gasteiger partial charge in [-0.25, -0.2) is 0 Å². The molecule has 1 aromatic rings. The van der Waals surface area contributed by atoms with E-state index in [1.54, 1.807) is 6.08 Å². The highest BCUT2D eigenvalue weighted by molar-refractivity contribution is 6.47. The number of halogens is 2. The first-order chi connectivity index (χ1) is 6.17. The molecular weight excluding hydrogens is 205 g/mol. The SMILES string of the molecule is C=CCNC(Cl)(Cl)c1ccccc1. The van der Waals surface area contributed by atoms with Crippen LogP contribution in [0.3, 0.4) is 0 Å². The van der Waals surface area contributed by atoms with Crippen molar-refractivity contribution in [3.05, 3.63) is 48.6 Å². The number of nitrogens with one attached hydrogen (secondary N) is 1. The van der Waals surface area contributed by atoms with E-state index in [2.05, 4.69) is 11.9 Å². The normalized spacial score (nSPS) is 11.2. The van der Waals surface area contributed by atoms with E-state index in [0.29, 0.717) is 6.54 Å². The van der Waals surface area contributed by atoms with Crippen molar-refractivity contribution < 1.29 is 0 Å². The number of alkyl halides is 2. The molecule has 0 bridgehead atoms. The van der Waals surface area contributed by atoms with Crippen molar-refractivity contribution in [2.75, 3.05) is 6.54 Å². The van der Waals surface area contributed by atoms with Gasteiger partial charge in [0, 0.05) is 12.1 Å². The molecule has 0 radical (unpaired) electrons. The van der Waals surface area contributed by atoms with E-state index in [1.807, 2.05) is 30.3 Å². The predicted octanol–water partition coefficient (Wildman–Crippen LogP) is 3.05. The van der Waals surface area contributed by atoms with Crippen LogP contribution in [0, 0.1) is 0 Å². The molecule has 0 aliphatic rings. The zero-order valence-corrected chi connectivity index (χ0v) is 8.65. The monoisotopic (exact) mass is 215 g/mol. The van der Waals surface area contributed by atoms with Gasteiger partial charge in [0.25, 0.3) is 0 Å². The molecule has 0 spiro atoms. The maximum Gasteiger partial charge on any atom is 0.195 e. The van der Waals surface area contributed by atoms with Gasteiger partial charge in [0.2, 0.25) is 0 Å². The van der Waals surface area contributed by atoms with Crippen LogP contribution in [-0.4, -0.2) is 6.54 Å². The van der Waals surface area contributed by atoms with Crippen LogP contribution in [0.4, 0.5) is 0 Å². The first kappa shape index (κ1) is 10.6. The van der Waals surface area contributed by atoms with Crippen molar-refractivity contribution in [3.8, 4) is 0 Å². The van der Waals surface area contributed by atoms with E-state index in [9.17, 15) is 0 Å². The van der Waals surface area contributed by atoms with E-state index in [-0.39, 0.29) is 0 Å². The number of benzene rings is 1. The fourth-order valence-corrected chi connectivity index (χ4v) is 1.36. The van der Waals surface area contributed by atoms with E-state index in [0.717, 1.165) is 5.56 Å². The molecule has 1 rings (SSSR count). The summed E-state index contributed by atoms with van der Waals surface area (Å²) in [4.78, 5) is 0. The van der Waals surface area contributed by atoms with Gasteiger partial charge < -0.3 is 0 Å². The Morgan fingerprint density at radius 3 is 2.46 bits per heavy atom. The molecule has 0 aromatic heterocycles. The quantitative estimate of drug-likeness (QED) is 0.463. The van der Waals surface area contributed by atoms with Gasteiger partial charge in [-0.3, -0.25) is 5.32 Å². The number of hydrogen-bond donors (Lipinski definition) is 1. The van der Waals surface area contributed by atoms with Crippen LogP contribution in [0.5, 0.6) is 0 Å². The van der Waals surface area contributed by atoms with Crippen LogP contribution in [0.2, 0.25) is 0 Å². The molecule has 1 nitrogen and oxygen atoms in total. The van der Waals surface area contributed by atoms with Crippen LogP contribution in [-0.2, 0) is 4.46 Å². The molecule has 1 aromatic carbocycles. The Labute approximate surface area is 88.4 Å². The standard InChI is InChI=1S/C10H11Cl2N/c1-2-8-13-10(11,12)9-6-4-3-5-7-9/h2-7,13H,1,8H2. The van der Waals surface area contributed by atoms with Gasteiger partial charge in [0.1, 0.15) is 0 Å². The van der Waals surface area contributed by atoms with Gasteiger partial charge >= 0.3 is 0 Å². The lowest BCUT2D eigenvalue weighted by Gasteiger charge is -2.20. The summed E-state index contributed by atoms with van der Waals surface area (Å²) in [7, 11) is 0. The van der Waals surface area contributed by atoms with E-state index >= 15 is 0 Å². The van der Waals surface area contributed by atoms with Crippen LogP contribution in [0.1, 0.15) is 5.56 Å². The molecule has 0 saturated carbocycles. The molecule has 0 heterocycles. The molecule has 0 atom stereocenters. The van der Waals surface area contributed by atoms with E-state index in [4.69, 9.17) is 23.2 Å². The summed E-state index contributed by atoms with van der Waals surface area (Å²) in [6.45, 7) is 4.15. The van der Waals surface area contributed by atoms with Gasteiger partial charge in [0.05, 0.1) is 0 Å². The molecule has 0 fully saturated rings. The lowest BCUT2D eigenvalue weighted by molar-refractivity contribution is 0.668. The van der Waals surface area contributed by atoms with Crippen molar-refractivity contribution in [1.29, 1.82) is 0 Å². The number of rotatable bonds is 4. The Morgan fingerprint density at radius 2 is 1.92 bits per heavy atom. The molecule has 0 unspecified atom stereocenters. The maximum absolute atomic E-state index is 6.05. The Morgan fingerprint density at radius 1 is 1.31 bits per heavy atom. The first-order valence-corrected chi connectivity index (χ1v) is 4.71. The van der Waals surface area contributed by atoms with Gasteiger partial charge in [-0.1, -0.05) is 59.6 Å². The Balaban J connectivity index is 2.74. The molecule has 0 aliphatic heterocycles. The average molecular weight is 216 g/mol. The van der Waals surface area contributed by atoms with Gasteiger partial charge in [0.15, 0.2) is 4.46 Å². The third kappa shape index (κ3) is 3.03. The Hall–Kier alpha value is -0.500. The van der Waals surface area contributed by atoms with Crippen LogP contribution < -0.4 is 5.32 Å². The fourth-order valence-electron chi connectivity index (χ4n) is 0.950. The van der Waals surface area contributed by atoms with Gasteiger partial charge in [-0.2, -0.15) is 0 Å². The highest BCUT2D eigenvalue weighted by Crippen LogP contribution is 2.29. The smallest absolute Gasteiger partial charge is 0.195 e. The summed E-state index contributed by atoms with van der Waals surface area (Å²) >= 11 is 12.1. The summed E-state index contributed by atoms with van der Waals surface area (Å²) in [5.41, 5.74) is 0.834. The molecule has 0 aliphatic carbocycles. The van der Waals surface area contributed by atoms with Crippen molar-refractivity contribution in [2.24, 2.45) is 0 Å². The second-order valence-corrected chi connectivity index (χ2v) is 3.94. The predicted molar refractivity (Wildman–Crippen MR) is 58.0 cm³/mol. The number of hydrogen-bond acceptors (Lipinski definition) is 1. The van der Waals surface area contributed by atoms with Crippen LogP contribution in [0.25, 0.3) is 0 Å². The summed E-state index contributed by atoms with van der Waals surface area (Å²) in [6, 6.07) is 9.45. The molecule has 0 amide bonds. The second-order valence-electron chi connectivity index (χ2n) is 2.61. The lowest BCUT2D eigenvalue weighted by atomic mass is 10.2. The van der Waals surface area contributed by atoms with Gasteiger partial charge in [-0.05, 0) is 0 Å². The van der Waals surface area contributed by atoms with E-state index < -0.39 is 4.46 Å². The summed E-state index contributed by atoms with van der Waals surface area (Å²) in [6.07, 6.45) is 1.71. The Kier molecular flexibility index (Phi) is 3.79. The molecule has 0 saturated heterocycles.